The van der Waals surface area contributed by atoms with E-state index in [1.165, 1.54) is 0 Å². The van der Waals surface area contributed by atoms with Gasteiger partial charge in [-0.15, -0.1) is 0 Å². The van der Waals surface area contributed by atoms with Crippen molar-refractivity contribution >= 4 is 6.21 Å². The first-order valence-corrected chi connectivity index (χ1v) is 8.70. The van der Waals surface area contributed by atoms with Crippen molar-refractivity contribution in [2.24, 2.45) is 11.0 Å². The monoisotopic (exact) mass is 328 g/mol. The molecule has 0 aliphatic heterocycles. The second kappa shape index (κ2) is 7.80. The standard InChI is InChI=1S/C23H24N2/c1-19(2)18-24-25-23(20-12-6-3-7-13-20,21-14-8-4-9-15-21)22-16-10-5-11-17-22/h3-19,25H,1-2H3/b24-18+. The average molecular weight is 328 g/mol. The van der Waals surface area contributed by atoms with Crippen molar-refractivity contribution in [3.05, 3.63) is 108 Å². The zero-order chi connectivity index (χ0) is 17.5. The Kier molecular flexibility index (Phi) is 5.30. The highest BCUT2D eigenvalue weighted by molar-refractivity contribution is 5.60. The molecule has 126 valence electrons. The predicted molar refractivity (Wildman–Crippen MR) is 106 cm³/mol. The topological polar surface area (TPSA) is 24.4 Å². The highest BCUT2D eigenvalue weighted by Gasteiger charge is 2.36. The maximum atomic E-state index is 4.60. The van der Waals surface area contributed by atoms with Crippen LogP contribution in [0.5, 0.6) is 0 Å². The fourth-order valence-electron chi connectivity index (χ4n) is 3.04. The van der Waals surface area contributed by atoms with Gasteiger partial charge < -0.3 is 0 Å². The maximum absolute atomic E-state index is 4.60. The first-order chi connectivity index (χ1) is 12.2. The molecule has 0 atom stereocenters. The lowest BCUT2D eigenvalue weighted by Gasteiger charge is -2.35. The van der Waals surface area contributed by atoms with Crippen LogP contribution in [0, 0.1) is 5.92 Å². The molecule has 3 rings (SSSR count). The molecule has 2 heteroatoms. The molecule has 0 bridgehead atoms. The maximum Gasteiger partial charge on any atom is 0.130 e. The molecule has 0 aliphatic rings. The van der Waals surface area contributed by atoms with E-state index in [9.17, 15) is 0 Å². The lowest BCUT2D eigenvalue weighted by Crippen LogP contribution is -2.42. The van der Waals surface area contributed by atoms with Crippen molar-refractivity contribution in [1.82, 2.24) is 5.43 Å². The molecule has 2 nitrogen and oxygen atoms in total. The van der Waals surface area contributed by atoms with Crippen LogP contribution in [0.2, 0.25) is 0 Å². The molecular formula is C23H24N2. The number of benzene rings is 3. The van der Waals surface area contributed by atoms with E-state index in [2.05, 4.69) is 97.2 Å². The smallest absolute Gasteiger partial charge is 0.130 e. The largest absolute Gasteiger partial charge is 0.291 e. The molecule has 0 radical (unpaired) electrons. The SMILES string of the molecule is CC(C)/C=N/NC(c1ccccc1)(c1ccccc1)c1ccccc1. The van der Waals surface area contributed by atoms with Gasteiger partial charge in [0.05, 0.1) is 0 Å². The van der Waals surface area contributed by atoms with E-state index >= 15 is 0 Å². The van der Waals surface area contributed by atoms with Gasteiger partial charge in [-0.3, -0.25) is 5.43 Å². The van der Waals surface area contributed by atoms with Gasteiger partial charge in [0.2, 0.25) is 0 Å². The molecule has 3 aromatic rings. The molecular weight excluding hydrogens is 304 g/mol. The Morgan fingerprint density at radius 2 is 1.04 bits per heavy atom. The fourth-order valence-corrected chi connectivity index (χ4v) is 3.04. The van der Waals surface area contributed by atoms with Crippen LogP contribution < -0.4 is 5.43 Å². The molecule has 0 heterocycles. The normalized spacial score (nSPS) is 11.8. The van der Waals surface area contributed by atoms with Crippen LogP contribution in [0.3, 0.4) is 0 Å². The minimum atomic E-state index is -0.533. The van der Waals surface area contributed by atoms with Crippen LogP contribution in [0.1, 0.15) is 30.5 Å². The van der Waals surface area contributed by atoms with E-state index in [1.807, 2.05) is 24.4 Å². The minimum absolute atomic E-state index is 0.382. The van der Waals surface area contributed by atoms with E-state index in [4.69, 9.17) is 0 Å². The summed E-state index contributed by atoms with van der Waals surface area (Å²) in [5.74, 6) is 0.382. The molecule has 0 fully saturated rings. The summed E-state index contributed by atoms with van der Waals surface area (Å²) in [5.41, 5.74) is 6.43. The highest BCUT2D eigenvalue weighted by atomic mass is 15.3. The molecule has 25 heavy (non-hydrogen) atoms. The summed E-state index contributed by atoms with van der Waals surface area (Å²) in [6, 6.07) is 31.5. The van der Waals surface area contributed by atoms with Gasteiger partial charge in [0, 0.05) is 6.21 Å². The molecule has 0 aromatic heterocycles. The summed E-state index contributed by atoms with van der Waals surface area (Å²) in [6.45, 7) is 4.25. The van der Waals surface area contributed by atoms with Gasteiger partial charge in [0.15, 0.2) is 0 Å². The third kappa shape index (κ3) is 3.63. The molecule has 0 spiro atoms. The van der Waals surface area contributed by atoms with Gasteiger partial charge in [0.25, 0.3) is 0 Å². The van der Waals surface area contributed by atoms with Crippen molar-refractivity contribution in [3.63, 3.8) is 0 Å². The quantitative estimate of drug-likeness (QED) is 0.375. The number of hydrogen-bond acceptors (Lipinski definition) is 2. The zero-order valence-electron chi connectivity index (χ0n) is 14.8. The van der Waals surface area contributed by atoms with E-state index in [0.717, 1.165) is 16.7 Å². The average Bonchev–Trinajstić information content (AvgIpc) is 2.67. The van der Waals surface area contributed by atoms with Crippen LogP contribution >= 0.6 is 0 Å². The van der Waals surface area contributed by atoms with Crippen LogP contribution in [0.4, 0.5) is 0 Å². The Bertz CT molecular complexity index is 697. The number of nitrogens with zero attached hydrogens (tertiary/aromatic N) is 1. The molecule has 0 unspecified atom stereocenters. The Morgan fingerprint density at radius 1 is 0.680 bits per heavy atom. The second-order valence-corrected chi connectivity index (χ2v) is 6.48. The fraction of sp³-hybridized carbons (Fsp3) is 0.174. The number of nitrogens with one attached hydrogen (secondary N) is 1. The van der Waals surface area contributed by atoms with Gasteiger partial charge in [-0.05, 0) is 22.6 Å². The van der Waals surface area contributed by atoms with Gasteiger partial charge in [-0.25, -0.2) is 0 Å². The summed E-state index contributed by atoms with van der Waals surface area (Å²) >= 11 is 0. The summed E-state index contributed by atoms with van der Waals surface area (Å²) in [6.07, 6.45) is 1.95. The van der Waals surface area contributed by atoms with Crippen molar-refractivity contribution < 1.29 is 0 Å². The molecule has 0 amide bonds. The van der Waals surface area contributed by atoms with Crippen molar-refractivity contribution in [2.45, 2.75) is 19.4 Å². The van der Waals surface area contributed by atoms with Gasteiger partial charge in [-0.2, -0.15) is 5.10 Å². The summed E-state index contributed by atoms with van der Waals surface area (Å²) < 4.78 is 0. The van der Waals surface area contributed by atoms with Crippen LogP contribution in [-0.2, 0) is 5.54 Å². The second-order valence-electron chi connectivity index (χ2n) is 6.48. The van der Waals surface area contributed by atoms with Crippen LogP contribution in [0.15, 0.2) is 96.1 Å². The van der Waals surface area contributed by atoms with Crippen molar-refractivity contribution in [3.8, 4) is 0 Å². The van der Waals surface area contributed by atoms with Crippen molar-refractivity contribution in [2.75, 3.05) is 0 Å². The first-order valence-electron chi connectivity index (χ1n) is 8.70. The molecule has 0 aliphatic carbocycles. The Morgan fingerprint density at radius 3 is 1.36 bits per heavy atom. The Balaban J connectivity index is 2.24. The molecule has 3 aromatic carbocycles. The summed E-state index contributed by atoms with van der Waals surface area (Å²) in [4.78, 5) is 0. The zero-order valence-corrected chi connectivity index (χ0v) is 14.8. The summed E-state index contributed by atoms with van der Waals surface area (Å²) in [5, 5.41) is 4.60. The number of hydrazone groups is 1. The highest BCUT2D eigenvalue weighted by Crippen LogP contribution is 2.36. The third-order valence-corrected chi connectivity index (χ3v) is 4.23. The Labute approximate surface area is 150 Å². The number of hydrogen-bond donors (Lipinski definition) is 1. The van der Waals surface area contributed by atoms with Crippen molar-refractivity contribution in [1.29, 1.82) is 0 Å². The van der Waals surface area contributed by atoms with E-state index in [0.29, 0.717) is 5.92 Å². The summed E-state index contributed by atoms with van der Waals surface area (Å²) in [7, 11) is 0. The number of rotatable bonds is 6. The molecule has 0 saturated heterocycles. The molecule has 0 saturated carbocycles. The lowest BCUT2D eigenvalue weighted by atomic mass is 9.77. The Hall–Kier alpha value is -2.87. The third-order valence-electron chi connectivity index (χ3n) is 4.23. The van der Waals surface area contributed by atoms with E-state index < -0.39 is 5.54 Å². The van der Waals surface area contributed by atoms with Crippen LogP contribution in [0.25, 0.3) is 0 Å². The van der Waals surface area contributed by atoms with Gasteiger partial charge in [-0.1, -0.05) is 105 Å². The van der Waals surface area contributed by atoms with Crippen LogP contribution in [-0.4, -0.2) is 6.21 Å². The lowest BCUT2D eigenvalue weighted by molar-refractivity contribution is 0.491. The minimum Gasteiger partial charge on any atom is -0.291 e. The van der Waals surface area contributed by atoms with Gasteiger partial charge in [0.1, 0.15) is 5.54 Å². The van der Waals surface area contributed by atoms with E-state index in [1.54, 1.807) is 0 Å². The van der Waals surface area contributed by atoms with E-state index in [-0.39, 0.29) is 0 Å². The first kappa shape index (κ1) is 17.0. The molecule has 1 N–H and O–H groups in total. The predicted octanol–water partition coefficient (Wildman–Crippen LogP) is 5.21. The van der Waals surface area contributed by atoms with Gasteiger partial charge >= 0.3 is 0 Å².